The topological polar surface area (TPSA) is 67.8 Å². The molecule has 0 bridgehead atoms. The number of rotatable bonds is 8. The molecule has 2 N–H and O–H groups in total. The van der Waals surface area contributed by atoms with Crippen molar-refractivity contribution < 1.29 is 19.4 Å². The molecule has 2 fully saturated rings. The van der Waals surface area contributed by atoms with Crippen LogP contribution >= 0.6 is 0 Å². The summed E-state index contributed by atoms with van der Waals surface area (Å²) >= 11 is 0. The zero-order valence-corrected chi connectivity index (χ0v) is 11.0. The Morgan fingerprint density at radius 1 is 1.39 bits per heavy atom. The van der Waals surface area contributed by atoms with E-state index in [9.17, 15) is 9.90 Å². The third kappa shape index (κ3) is 3.43. The van der Waals surface area contributed by atoms with Gasteiger partial charge in [0.1, 0.15) is 5.54 Å². The smallest absolute Gasteiger partial charge is 0.324 e. The Kier molecular flexibility index (Phi) is 4.59. The van der Waals surface area contributed by atoms with Gasteiger partial charge in [-0.25, -0.2) is 0 Å². The van der Waals surface area contributed by atoms with Crippen LogP contribution in [0.25, 0.3) is 0 Å². The van der Waals surface area contributed by atoms with Gasteiger partial charge >= 0.3 is 5.97 Å². The number of nitrogens with one attached hydrogen (secondary N) is 1. The molecule has 0 aliphatic heterocycles. The Bertz CT molecular complexity index is 293. The molecule has 0 aromatic heterocycles. The second kappa shape index (κ2) is 5.99. The lowest BCUT2D eigenvalue weighted by atomic mass is 9.97. The number of carbonyl (C=O) groups is 1. The fourth-order valence-electron chi connectivity index (χ4n) is 2.57. The average molecular weight is 257 g/mol. The lowest BCUT2D eigenvalue weighted by Crippen LogP contribution is -2.51. The van der Waals surface area contributed by atoms with Crippen molar-refractivity contribution in [2.45, 2.75) is 56.7 Å². The van der Waals surface area contributed by atoms with Crippen LogP contribution in [0.2, 0.25) is 0 Å². The minimum Gasteiger partial charge on any atom is -0.480 e. The van der Waals surface area contributed by atoms with E-state index in [0.717, 1.165) is 19.3 Å². The maximum atomic E-state index is 11.5. The van der Waals surface area contributed by atoms with Crippen LogP contribution in [0.4, 0.5) is 0 Å². The van der Waals surface area contributed by atoms with Gasteiger partial charge in [0.05, 0.1) is 19.3 Å². The van der Waals surface area contributed by atoms with Gasteiger partial charge in [-0.2, -0.15) is 0 Å². The summed E-state index contributed by atoms with van der Waals surface area (Å²) in [7, 11) is 0. The molecule has 104 valence electrons. The van der Waals surface area contributed by atoms with Gasteiger partial charge in [-0.05, 0) is 32.6 Å². The van der Waals surface area contributed by atoms with Gasteiger partial charge in [0.15, 0.2) is 0 Å². The van der Waals surface area contributed by atoms with E-state index in [1.54, 1.807) is 0 Å². The summed E-state index contributed by atoms with van der Waals surface area (Å²) in [5.41, 5.74) is -0.753. The summed E-state index contributed by atoms with van der Waals surface area (Å²) in [5.74, 6) is -0.731. The predicted octanol–water partition coefficient (Wildman–Crippen LogP) is 1.17. The highest BCUT2D eigenvalue weighted by molar-refractivity contribution is 5.79. The lowest BCUT2D eigenvalue weighted by Gasteiger charge is -2.26. The van der Waals surface area contributed by atoms with E-state index < -0.39 is 11.5 Å². The molecule has 18 heavy (non-hydrogen) atoms. The van der Waals surface area contributed by atoms with Crippen LogP contribution in [0, 0.1) is 0 Å². The maximum absolute atomic E-state index is 11.5. The van der Waals surface area contributed by atoms with Gasteiger partial charge < -0.3 is 14.6 Å². The van der Waals surface area contributed by atoms with E-state index in [1.165, 1.54) is 0 Å². The monoisotopic (exact) mass is 257 g/mol. The van der Waals surface area contributed by atoms with E-state index in [2.05, 4.69) is 5.32 Å². The minimum atomic E-state index is -0.753. The van der Waals surface area contributed by atoms with Crippen LogP contribution in [0.5, 0.6) is 0 Å². The standard InChI is InChI=1S/C13H23NO4/c1-2-17-7-8-18-11-5-6-13(9-11,12(15)16)14-10-3-4-10/h10-11,14H,2-9H2,1H3,(H,15,16). The van der Waals surface area contributed by atoms with Crippen molar-refractivity contribution in [1.82, 2.24) is 5.32 Å². The summed E-state index contributed by atoms with van der Waals surface area (Å²) in [6.07, 6.45) is 4.31. The van der Waals surface area contributed by atoms with Gasteiger partial charge in [-0.15, -0.1) is 0 Å². The number of aliphatic carboxylic acids is 1. The molecule has 2 aliphatic carbocycles. The number of ether oxygens (including phenoxy) is 2. The van der Waals surface area contributed by atoms with Gasteiger partial charge in [0.2, 0.25) is 0 Å². The zero-order valence-electron chi connectivity index (χ0n) is 11.0. The zero-order chi connectivity index (χ0) is 13.0. The molecular formula is C13H23NO4. The van der Waals surface area contributed by atoms with Crippen LogP contribution in [-0.2, 0) is 14.3 Å². The van der Waals surface area contributed by atoms with Crippen LogP contribution < -0.4 is 5.32 Å². The van der Waals surface area contributed by atoms with Gasteiger partial charge in [-0.3, -0.25) is 10.1 Å². The van der Waals surface area contributed by atoms with Gasteiger partial charge in [0.25, 0.3) is 0 Å². The molecule has 2 atom stereocenters. The quantitative estimate of drug-likeness (QED) is 0.639. The summed E-state index contributed by atoms with van der Waals surface area (Å²) in [6, 6.07) is 0.406. The molecule has 5 nitrogen and oxygen atoms in total. The molecule has 2 aliphatic rings. The highest BCUT2D eigenvalue weighted by Gasteiger charge is 2.48. The highest BCUT2D eigenvalue weighted by atomic mass is 16.5. The number of carboxylic acids is 1. The Hall–Kier alpha value is -0.650. The molecular weight excluding hydrogens is 234 g/mol. The lowest BCUT2D eigenvalue weighted by molar-refractivity contribution is -0.145. The largest absolute Gasteiger partial charge is 0.480 e. The van der Waals surface area contributed by atoms with Crippen molar-refractivity contribution in [3.05, 3.63) is 0 Å². The Morgan fingerprint density at radius 3 is 2.78 bits per heavy atom. The summed E-state index contributed by atoms with van der Waals surface area (Å²) in [6.45, 7) is 3.78. The SMILES string of the molecule is CCOCCOC1CCC(NC2CC2)(C(=O)O)C1. The highest BCUT2D eigenvalue weighted by Crippen LogP contribution is 2.35. The number of carboxylic acid groups (broad SMARTS) is 1. The summed E-state index contributed by atoms with van der Waals surface area (Å²) in [4.78, 5) is 11.5. The molecule has 0 spiro atoms. The van der Waals surface area contributed by atoms with E-state index in [1.807, 2.05) is 6.92 Å². The Morgan fingerprint density at radius 2 is 2.17 bits per heavy atom. The third-order valence-electron chi connectivity index (χ3n) is 3.72. The first-order valence-electron chi connectivity index (χ1n) is 6.87. The predicted molar refractivity (Wildman–Crippen MR) is 66.6 cm³/mol. The Balaban J connectivity index is 1.78. The van der Waals surface area contributed by atoms with Crippen molar-refractivity contribution in [2.24, 2.45) is 0 Å². The van der Waals surface area contributed by atoms with Crippen molar-refractivity contribution in [3.63, 3.8) is 0 Å². The van der Waals surface area contributed by atoms with Crippen LogP contribution in [0.3, 0.4) is 0 Å². The fourth-order valence-corrected chi connectivity index (χ4v) is 2.57. The molecule has 5 heteroatoms. The fraction of sp³-hybridized carbons (Fsp3) is 0.923. The Labute approximate surface area is 108 Å². The number of hydrogen-bond acceptors (Lipinski definition) is 4. The number of hydrogen-bond donors (Lipinski definition) is 2. The van der Waals surface area contributed by atoms with Crippen LogP contribution in [0.1, 0.15) is 39.0 Å². The van der Waals surface area contributed by atoms with Gasteiger partial charge in [0, 0.05) is 19.1 Å². The molecule has 2 saturated carbocycles. The van der Waals surface area contributed by atoms with E-state index in [4.69, 9.17) is 9.47 Å². The minimum absolute atomic E-state index is 0.0489. The molecule has 0 aromatic rings. The van der Waals surface area contributed by atoms with E-state index in [-0.39, 0.29) is 6.10 Å². The van der Waals surface area contributed by atoms with Crippen molar-refractivity contribution in [1.29, 1.82) is 0 Å². The first-order chi connectivity index (χ1) is 8.66. The normalized spacial score (nSPS) is 31.7. The first-order valence-corrected chi connectivity index (χ1v) is 6.87. The van der Waals surface area contributed by atoms with Crippen molar-refractivity contribution >= 4 is 5.97 Å². The summed E-state index contributed by atoms with van der Waals surface area (Å²) in [5, 5.41) is 12.7. The molecule has 2 rings (SSSR count). The maximum Gasteiger partial charge on any atom is 0.324 e. The molecule has 0 heterocycles. The summed E-state index contributed by atoms with van der Waals surface area (Å²) < 4.78 is 10.9. The molecule has 2 unspecified atom stereocenters. The van der Waals surface area contributed by atoms with Crippen LogP contribution in [0.15, 0.2) is 0 Å². The average Bonchev–Trinajstić information content (AvgIpc) is 3.04. The van der Waals surface area contributed by atoms with E-state index >= 15 is 0 Å². The van der Waals surface area contributed by atoms with E-state index in [0.29, 0.717) is 38.7 Å². The third-order valence-corrected chi connectivity index (χ3v) is 3.72. The molecule has 0 amide bonds. The van der Waals surface area contributed by atoms with Crippen LogP contribution in [-0.4, -0.2) is 48.6 Å². The second-order valence-electron chi connectivity index (χ2n) is 5.24. The van der Waals surface area contributed by atoms with Crippen molar-refractivity contribution in [3.8, 4) is 0 Å². The second-order valence-corrected chi connectivity index (χ2v) is 5.24. The van der Waals surface area contributed by atoms with Crippen molar-refractivity contribution in [2.75, 3.05) is 19.8 Å². The molecule has 0 radical (unpaired) electrons. The molecule has 0 aromatic carbocycles. The first kappa shape index (κ1) is 13.8. The van der Waals surface area contributed by atoms with Gasteiger partial charge in [-0.1, -0.05) is 0 Å². The molecule has 0 saturated heterocycles.